The highest BCUT2D eigenvalue weighted by atomic mass is 32.2. The van der Waals surface area contributed by atoms with E-state index in [1.54, 1.807) is 23.1 Å². The van der Waals surface area contributed by atoms with Gasteiger partial charge in [-0.15, -0.1) is 11.3 Å². The summed E-state index contributed by atoms with van der Waals surface area (Å²) >= 11 is 3.39. The molecule has 3 aromatic rings. The van der Waals surface area contributed by atoms with Crippen molar-refractivity contribution in [3.63, 3.8) is 0 Å². The molecule has 0 radical (unpaired) electrons. The fraction of sp³-hybridized carbons (Fsp3) is 0.312. The van der Waals surface area contributed by atoms with E-state index in [4.69, 9.17) is 10.7 Å². The van der Waals surface area contributed by atoms with Gasteiger partial charge in [-0.05, 0) is 44.0 Å². The van der Waals surface area contributed by atoms with Gasteiger partial charge in [-0.3, -0.25) is 4.40 Å². The van der Waals surface area contributed by atoms with Crippen molar-refractivity contribution in [3.8, 4) is 0 Å². The SMILES string of the molecule is Cc1ccc(Sc2nc3sccn3c2CC(C)N)cc1C. The van der Waals surface area contributed by atoms with E-state index in [-0.39, 0.29) is 6.04 Å². The summed E-state index contributed by atoms with van der Waals surface area (Å²) in [5.74, 6) is 0. The summed E-state index contributed by atoms with van der Waals surface area (Å²) in [4.78, 5) is 7.03. The molecule has 3 rings (SSSR count). The van der Waals surface area contributed by atoms with E-state index in [1.165, 1.54) is 21.7 Å². The molecule has 110 valence electrons. The Morgan fingerprint density at radius 3 is 2.86 bits per heavy atom. The molecule has 0 spiro atoms. The topological polar surface area (TPSA) is 43.3 Å². The quantitative estimate of drug-likeness (QED) is 0.789. The molecule has 21 heavy (non-hydrogen) atoms. The maximum atomic E-state index is 6.00. The molecular formula is C16H19N3S2. The number of thiazole rings is 1. The molecule has 0 aliphatic rings. The molecule has 0 amide bonds. The summed E-state index contributed by atoms with van der Waals surface area (Å²) < 4.78 is 2.16. The van der Waals surface area contributed by atoms with Crippen molar-refractivity contribution in [3.05, 3.63) is 46.6 Å². The molecule has 0 saturated heterocycles. The molecular weight excluding hydrogens is 298 g/mol. The zero-order valence-electron chi connectivity index (χ0n) is 12.5. The lowest BCUT2D eigenvalue weighted by atomic mass is 10.1. The van der Waals surface area contributed by atoms with Gasteiger partial charge in [0, 0.05) is 28.9 Å². The van der Waals surface area contributed by atoms with Gasteiger partial charge in [-0.25, -0.2) is 4.98 Å². The highest BCUT2D eigenvalue weighted by Gasteiger charge is 2.15. The highest BCUT2D eigenvalue weighted by molar-refractivity contribution is 7.99. The second-order valence-corrected chi connectivity index (χ2v) is 7.38. The first kappa shape index (κ1) is 14.6. The van der Waals surface area contributed by atoms with E-state index >= 15 is 0 Å². The van der Waals surface area contributed by atoms with E-state index in [9.17, 15) is 0 Å². The van der Waals surface area contributed by atoms with Crippen LogP contribution in [0.1, 0.15) is 23.7 Å². The number of nitrogens with two attached hydrogens (primary N) is 1. The van der Waals surface area contributed by atoms with Gasteiger partial charge in [0.1, 0.15) is 5.03 Å². The van der Waals surface area contributed by atoms with Crippen LogP contribution in [0.3, 0.4) is 0 Å². The van der Waals surface area contributed by atoms with Gasteiger partial charge in [0.2, 0.25) is 0 Å². The van der Waals surface area contributed by atoms with Crippen LogP contribution >= 0.6 is 23.1 Å². The van der Waals surface area contributed by atoms with Gasteiger partial charge in [0.15, 0.2) is 4.96 Å². The van der Waals surface area contributed by atoms with Crippen molar-refractivity contribution < 1.29 is 0 Å². The molecule has 0 aliphatic carbocycles. The first-order valence-corrected chi connectivity index (χ1v) is 8.69. The number of fused-ring (bicyclic) bond motifs is 1. The lowest BCUT2D eigenvalue weighted by Crippen LogP contribution is -2.19. The molecule has 1 aromatic carbocycles. The minimum Gasteiger partial charge on any atom is -0.328 e. The monoisotopic (exact) mass is 317 g/mol. The Kier molecular flexibility index (Phi) is 4.06. The van der Waals surface area contributed by atoms with Crippen molar-refractivity contribution in [2.45, 2.75) is 43.2 Å². The Labute approximate surface area is 133 Å². The van der Waals surface area contributed by atoms with Crippen LogP contribution in [-0.4, -0.2) is 15.4 Å². The Hall–Kier alpha value is -1.30. The first-order valence-electron chi connectivity index (χ1n) is 6.99. The number of hydrogen-bond donors (Lipinski definition) is 1. The third-order valence-corrected chi connectivity index (χ3v) is 5.30. The molecule has 5 heteroatoms. The van der Waals surface area contributed by atoms with Gasteiger partial charge in [-0.2, -0.15) is 0 Å². The fourth-order valence-corrected chi connectivity index (χ4v) is 4.09. The number of hydrogen-bond acceptors (Lipinski definition) is 4. The normalized spacial score (nSPS) is 13.0. The van der Waals surface area contributed by atoms with Crippen LogP contribution < -0.4 is 5.73 Å². The zero-order chi connectivity index (χ0) is 15.0. The van der Waals surface area contributed by atoms with Gasteiger partial charge in [-0.1, -0.05) is 17.8 Å². The van der Waals surface area contributed by atoms with Gasteiger partial charge >= 0.3 is 0 Å². The smallest absolute Gasteiger partial charge is 0.194 e. The van der Waals surface area contributed by atoms with Crippen molar-refractivity contribution >= 4 is 28.1 Å². The maximum Gasteiger partial charge on any atom is 0.194 e. The van der Waals surface area contributed by atoms with Crippen molar-refractivity contribution in [2.24, 2.45) is 5.73 Å². The second-order valence-electron chi connectivity index (χ2n) is 5.45. The van der Waals surface area contributed by atoms with E-state index < -0.39 is 0 Å². The molecule has 1 atom stereocenters. The molecule has 0 saturated carbocycles. The summed E-state index contributed by atoms with van der Waals surface area (Å²) in [5, 5.41) is 3.14. The lowest BCUT2D eigenvalue weighted by Gasteiger charge is -2.08. The molecule has 2 heterocycles. The van der Waals surface area contributed by atoms with Crippen LogP contribution in [-0.2, 0) is 6.42 Å². The first-order chi connectivity index (χ1) is 10.0. The summed E-state index contributed by atoms with van der Waals surface area (Å²) in [7, 11) is 0. The van der Waals surface area contributed by atoms with Crippen LogP contribution in [0, 0.1) is 13.8 Å². The van der Waals surface area contributed by atoms with Crippen LogP contribution in [0.5, 0.6) is 0 Å². The van der Waals surface area contributed by atoms with Crippen molar-refractivity contribution in [1.82, 2.24) is 9.38 Å². The van der Waals surface area contributed by atoms with Crippen molar-refractivity contribution in [1.29, 1.82) is 0 Å². The minimum atomic E-state index is 0.129. The van der Waals surface area contributed by atoms with E-state index in [0.29, 0.717) is 0 Å². The van der Waals surface area contributed by atoms with E-state index in [0.717, 1.165) is 16.4 Å². The lowest BCUT2D eigenvalue weighted by molar-refractivity contribution is 0.706. The summed E-state index contributed by atoms with van der Waals surface area (Å²) in [6, 6.07) is 6.68. The zero-order valence-corrected chi connectivity index (χ0v) is 14.1. The Morgan fingerprint density at radius 2 is 2.14 bits per heavy atom. The maximum absolute atomic E-state index is 6.00. The number of rotatable bonds is 4. The third kappa shape index (κ3) is 3.00. The van der Waals surface area contributed by atoms with Crippen molar-refractivity contribution in [2.75, 3.05) is 0 Å². The average Bonchev–Trinajstić information content (AvgIpc) is 2.97. The predicted octanol–water partition coefficient (Wildman–Crippen LogP) is 4.05. The number of nitrogens with zero attached hydrogens (tertiary/aromatic N) is 2. The van der Waals surface area contributed by atoms with Gasteiger partial charge < -0.3 is 5.73 Å². The highest BCUT2D eigenvalue weighted by Crippen LogP contribution is 2.33. The number of benzene rings is 1. The largest absolute Gasteiger partial charge is 0.328 e. The predicted molar refractivity (Wildman–Crippen MR) is 90.5 cm³/mol. The standard InChI is InChI=1S/C16H19N3S2/c1-10-4-5-13(8-11(10)2)21-15-14(9-12(3)17)19-6-7-20-16(19)18-15/h4-8,12H,9,17H2,1-3H3. The molecule has 2 N–H and O–H groups in total. The molecule has 0 fully saturated rings. The summed E-state index contributed by atoms with van der Waals surface area (Å²) in [6.07, 6.45) is 2.92. The molecule has 2 aromatic heterocycles. The van der Waals surface area contributed by atoms with Gasteiger partial charge in [0.25, 0.3) is 0 Å². The number of aromatic nitrogens is 2. The van der Waals surface area contributed by atoms with E-state index in [2.05, 4.69) is 48.0 Å². The molecule has 1 unspecified atom stereocenters. The molecule has 3 nitrogen and oxygen atoms in total. The number of aryl methyl sites for hydroxylation is 2. The second kappa shape index (κ2) is 5.83. The molecule has 0 bridgehead atoms. The van der Waals surface area contributed by atoms with E-state index in [1.807, 2.05) is 6.92 Å². The summed E-state index contributed by atoms with van der Waals surface area (Å²) in [5.41, 5.74) is 9.85. The average molecular weight is 317 g/mol. The summed E-state index contributed by atoms with van der Waals surface area (Å²) in [6.45, 7) is 6.32. The Bertz CT molecular complexity index is 771. The number of imidazole rings is 1. The van der Waals surface area contributed by atoms with Crippen LogP contribution in [0.2, 0.25) is 0 Å². The Morgan fingerprint density at radius 1 is 1.33 bits per heavy atom. The van der Waals surface area contributed by atoms with Crippen LogP contribution in [0.15, 0.2) is 39.7 Å². The third-order valence-electron chi connectivity index (χ3n) is 3.53. The van der Waals surface area contributed by atoms with Gasteiger partial charge in [0.05, 0.1) is 5.69 Å². The fourth-order valence-electron chi connectivity index (χ4n) is 2.27. The van der Waals surface area contributed by atoms with Crippen LogP contribution in [0.25, 0.3) is 4.96 Å². The Balaban J connectivity index is 1.98. The minimum absolute atomic E-state index is 0.129. The van der Waals surface area contributed by atoms with Crippen LogP contribution in [0.4, 0.5) is 0 Å². The molecule has 0 aliphatic heterocycles.